The number of unbranched alkanes of at least 4 members (excludes halogenated alkanes) is 46. The molecule has 5 atom stereocenters. The highest BCUT2D eigenvalue weighted by Crippen LogP contribution is 2.45. The van der Waals surface area contributed by atoms with Crippen molar-refractivity contribution in [3.8, 4) is 0 Å². The number of aliphatic hydroxyl groups excluding tert-OH is 1. The van der Waals surface area contributed by atoms with E-state index < -0.39 is 97.5 Å². The number of esters is 4. The molecule has 0 rings (SSSR count). The van der Waals surface area contributed by atoms with E-state index in [2.05, 4.69) is 34.6 Å². The second kappa shape index (κ2) is 67.3. The summed E-state index contributed by atoms with van der Waals surface area (Å²) in [6, 6.07) is 0. The van der Waals surface area contributed by atoms with E-state index in [1.807, 2.05) is 0 Å². The molecule has 0 bridgehead atoms. The molecule has 0 aliphatic heterocycles. The SMILES string of the molecule is CCCCCCCCCCCCCCCCCCCCCC(=O)O[C@H](COC(=O)CCCCCCCCCCCCCCCCCC(C)C)COP(=O)(O)OC[C@@H](O)COP(=O)(O)OC[C@@H](COC(=O)CCCCCCC)OC(=O)CCCCCCCCCCCCC. The maximum absolute atomic E-state index is 13.1. The van der Waals surface area contributed by atoms with Crippen molar-refractivity contribution in [2.45, 2.75) is 406 Å². The number of carbonyl (C=O) groups excluding carboxylic acids is 4. The standard InChI is InChI=1S/C74H144O17P2/c1-6-9-12-15-17-19-21-22-23-24-25-26-29-33-37-41-45-50-55-60-74(79)91-70(64-85-72(77)58-53-48-43-39-36-32-30-27-28-31-35-38-42-47-51-56-67(4)5)66-89-93(82,83)87-62-68(75)61-86-92(80,81)88-65-69(63-84-71(76)57-52-46-14-11-8-3)90-73(78)59-54-49-44-40-34-20-18-16-13-10-7-2/h67-70,75H,6-66H2,1-5H3,(H,80,81)(H,82,83)/t68-,69+,70+/m0/s1. The van der Waals surface area contributed by atoms with Crippen LogP contribution in [0.3, 0.4) is 0 Å². The summed E-state index contributed by atoms with van der Waals surface area (Å²) >= 11 is 0. The van der Waals surface area contributed by atoms with E-state index in [4.69, 9.17) is 37.0 Å². The van der Waals surface area contributed by atoms with Crippen molar-refractivity contribution in [2.75, 3.05) is 39.6 Å². The van der Waals surface area contributed by atoms with Gasteiger partial charge >= 0.3 is 39.5 Å². The summed E-state index contributed by atoms with van der Waals surface area (Å²) in [5.74, 6) is -1.32. The lowest BCUT2D eigenvalue weighted by Gasteiger charge is -2.21. The molecule has 17 nitrogen and oxygen atoms in total. The van der Waals surface area contributed by atoms with E-state index >= 15 is 0 Å². The molecule has 0 spiro atoms. The van der Waals surface area contributed by atoms with Gasteiger partial charge < -0.3 is 33.8 Å². The summed E-state index contributed by atoms with van der Waals surface area (Å²) in [7, 11) is -9.89. The fourth-order valence-corrected chi connectivity index (χ4v) is 12.9. The van der Waals surface area contributed by atoms with Crippen molar-refractivity contribution >= 4 is 39.5 Å². The molecule has 0 saturated heterocycles. The van der Waals surface area contributed by atoms with E-state index in [1.54, 1.807) is 0 Å². The molecule has 0 radical (unpaired) electrons. The number of phosphoric acid groups is 2. The van der Waals surface area contributed by atoms with Crippen LogP contribution < -0.4 is 0 Å². The van der Waals surface area contributed by atoms with Crippen molar-refractivity contribution in [1.29, 1.82) is 0 Å². The Morgan fingerprint density at radius 3 is 0.731 bits per heavy atom. The van der Waals surface area contributed by atoms with Crippen LogP contribution in [0, 0.1) is 5.92 Å². The van der Waals surface area contributed by atoms with Crippen LogP contribution in [0.2, 0.25) is 0 Å². The zero-order valence-corrected chi connectivity index (χ0v) is 62.2. The van der Waals surface area contributed by atoms with Gasteiger partial charge in [0.1, 0.15) is 19.3 Å². The van der Waals surface area contributed by atoms with Gasteiger partial charge in [0, 0.05) is 25.7 Å². The fourth-order valence-electron chi connectivity index (χ4n) is 11.4. The second-order valence-electron chi connectivity index (χ2n) is 27.2. The lowest BCUT2D eigenvalue weighted by atomic mass is 10.0. The molecule has 19 heteroatoms. The zero-order chi connectivity index (χ0) is 68.4. The number of ether oxygens (including phenoxy) is 4. The smallest absolute Gasteiger partial charge is 0.462 e. The lowest BCUT2D eigenvalue weighted by molar-refractivity contribution is -0.161. The van der Waals surface area contributed by atoms with Crippen molar-refractivity contribution in [2.24, 2.45) is 5.92 Å². The third-order valence-electron chi connectivity index (χ3n) is 17.3. The van der Waals surface area contributed by atoms with E-state index in [9.17, 15) is 43.2 Å². The van der Waals surface area contributed by atoms with Crippen LogP contribution in [-0.4, -0.2) is 96.7 Å². The minimum Gasteiger partial charge on any atom is -0.462 e. The van der Waals surface area contributed by atoms with Crippen LogP contribution in [0.15, 0.2) is 0 Å². The van der Waals surface area contributed by atoms with Gasteiger partial charge in [0.2, 0.25) is 0 Å². The first-order valence-electron chi connectivity index (χ1n) is 38.6. The predicted octanol–water partition coefficient (Wildman–Crippen LogP) is 21.7. The van der Waals surface area contributed by atoms with E-state index in [1.165, 1.54) is 205 Å². The molecule has 0 amide bonds. The molecule has 0 saturated carbocycles. The molecule has 0 aliphatic rings. The largest absolute Gasteiger partial charge is 0.472 e. The molecule has 93 heavy (non-hydrogen) atoms. The summed E-state index contributed by atoms with van der Waals surface area (Å²) in [5.41, 5.74) is 0. The number of phosphoric ester groups is 2. The van der Waals surface area contributed by atoms with Gasteiger partial charge in [0.15, 0.2) is 12.2 Å². The maximum atomic E-state index is 13.1. The van der Waals surface area contributed by atoms with Gasteiger partial charge in [-0.05, 0) is 31.6 Å². The molecule has 0 aromatic carbocycles. The summed E-state index contributed by atoms with van der Waals surface area (Å²) in [5, 5.41) is 10.6. The molecule has 0 heterocycles. The molecule has 0 aromatic heterocycles. The minimum atomic E-state index is -4.95. The summed E-state index contributed by atoms with van der Waals surface area (Å²) in [6.07, 6.45) is 55.9. The molecule has 0 fully saturated rings. The Balaban J connectivity index is 5.13. The number of hydrogen-bond acceptors (Lipinski definition) is 15. The summed E-state index contributed by atoms with van der Waals surface area (Å²) < 4.78 is 68.2. The second-order valence-corrected chi connectivity index (χ2v) is 30.1. The van der Waals surface area contributed by atoms with Crippen molar-refractivity contribution < 1.29 is 80.2 Å². The van der Waals surface area contributed by atoms with Gasteiger partial charge in [-0.25, -0.2) is 9.13 Å². The zero-order valence-electron chi connectivity index (χ0n) is 60.4. The van der Waals surface area contributed by atoms with Gasteiger partial charge in [-0.15, -0.1) is 0 Å². The lowest BCUT2D eigenvalue weighted by Crippen LogP contribution is -2.30. The minimum absolute atomic E-state index is 0.106. The fraction of sp³-hybridized carbons (Fsp3) is 0.946. The highest BCUT2D eigenvalue weighted by Gasteiger charge is 2.30. The molecule has 3 N–H and O–H groups in total. The first-order valence-corrected chi connectivity index (χ1v) is 41.6. The van der Waals surface area contributed by atoms with Gasteiger partial charge in [0.05, 0.1) is 26.4 Å². The molecule has 0 aromatic rings. The van der Waals surface area contributed by atoms with E-state index in [0.29, 0.717) is 25.7 Å². The topological polar surface area (TPSA) is 237 Å². The Bertz CT molecular complexity index is 1790. The third kappa shape index (κ3) is 68.4. The monoisotopic (exact) mass is 1370 g/mol. The maximum Gasteiger partial charge on any atom is 0.472 e. The predicted molar refractivity (Wildman–Crippen MR) is 377 cm³/mol. The van der Waals surface area contributed by atoms with Crippen molar-refractivity contribution in [1.82, 2.24) is 0 Å². The average molecular weight is 1370 g/mol. The third-order valence-corrected chi connectivity index (χ3v) is 19.2. The molecule has 2 unspecified atom stereocenters. The van der Waals surface area contributed by atoms with Crippen LogP contribution in [-0.2, 0) is 65.4 Å². The molecular weight excluding hydrogens is 1220 g/mol. The first kappa shape index (κ1) is 91.1. The molecule has 0 aliphatic carbocycles. The summed E-state index contributed by atoms with van der Waals surface area (Å²) in [4.78, 5) is 72.4. The van der Waals surface area contributed by atoms with Crippen molar-refractivity contribution in [3.05, 3.63) is 0 Å². The van der Waals surface area contributed by atoms with Gasteiger partial charge in [-0.3, -0.25) is 37.3 Å². The Hall–Kier alpha value is -1.94. The van der Waals surface area contributed by atoms with Crippen molar-refractivity contribution in [3.63, 3.8) is 0 Å². The van der Waals surface area contributed by atoms with Crippen LogP contribution in [0.5, 0.6) is 0 Å². The van der Waals surface area contributed by atoms with Crippen LogP contribution in [0.1, 0.15) is 388 Å². The normalized spacial score (nSPS) is 14.0. The quantitative estimate of drug-likeness (QED) is 0.0222. The van der Waals surface area contributed by atoms with Gasteiger partial charge in [-0.1, -0.05) is 336 Å². The Morgan fingerprint density at radius 2 is 0.495 bits per heavy atom. The average Bonchev–Trinajstić information content (AvgIpc) is 3.09. The van der Waals surface area contributed by atoms with Gasteiger partial charge in [-0.2, -0.15) is 0 Å². The Morgan fingerprint density at radius 1 is 0.290 bits per heavy atom. The molecular formula is C74H144O17P2. The Kier molecular flexibility index (Phi) is 65.9. The van der Waals surface area contributed by atoms with Gasteiger partial charge in [0.25, 0.3) is 0 Å². The van der Waals surface area contributed by atoms with Crippen LogP contribution in [0.4, 0.5) is 0 Å². The van der Waals surface area contributed by atoms with E-state index in [0.717, 1.165) is 102 Å². The highest BCUT2D eigenvalue weighted by atomic mass is 31.2. The Labute approximate surface area is 568 Å². The first-order chi connectivity index (χ1) is 45.0. The number of carbonyl (C=O) groups is 4. The van der Waals surface area contributed by atoms with E-state index in [-0.39, 0.29) is 25.7 Å². The molecule has 552 valence electrons. The number of rotatable bonds is 74. The number of hydrogen-bond donors (Lipinski definition) is 3. The van der Waals surface area contributed by atoms with Crippen LogP contribution in [0.25, 0.3) is 0 Å². The van der Waals surface area contributed by atoms with Crippen LogP contribution >= 0.6 is 15.6 Å². The highest BCUT2D eigenvalue weighted by molar-refractivity contribution is 7.47. The number of aliphatic hydroxyl groups is 1. The summed E-state index contributed by atoms with van der Waals surface area (Å²) in [6.45, 7) is 7.21.